The SMILES string of the molecule is NC(=S)c1ccc(C(=O)NCC2(c3ccccc3)CCCC2)cc1. The Balaban J connectivity index is 1.71. The minimum Gasteiger partial charge on any atom is -0.389 e. The second-order valence-electron chi connectivity index (χ2n) is 6.48. The van der Waals surface area contributed by atoms with Crippen LogP contribution in [0.4, 0.5) is 0 Å². The van der Waals surface area contributed by atoms with Gasteiger partial charge in [0.15, 0.2) is 0 Å². The zero-order chi connectivity index (χ0) is 17.0. The summed E-state index contributed by atoms with van der Waals surface area (Å²) < 4.78 is 0. The number of amides is 1. The molecule has 0 spiro atoms. The molecule has 1 aliphatic rings. The Kier molecular flexibility index (Phi) is 4.95. The topological polar surface area (TPSA) is 55.1 Å². The van der Waals surface area contributed by atoms with E-state index in [1.807, 2.05) is 6.07 Å². The molecule has 0 saturated heterocycles. The molecule has 0 aliphatic heterocycles. The molecule has 24 heavy (non-hydrogen) atoms. The van der Waals surface area contributed by atoms with Gasteiger partial charge in [-0.05, 0) is 30.5 Å². The van der Waals surface area contributed by atoms with Gasteiger partial charge in [0, 0.05) is 23.1 Å². The van der Waals surface area contributed by atoms with Crippen LogP contribution in [0.5, 0.6) is 0 Å². The van der Waals surface area contributed by atoms with Crippen LogP contribution in [0, 0.1) is 0 Å². The van der Waals surface area contributed by atoms with Crippen molar-refractivity contribution in [1.82, 2.24) is 5.32 Å². The highest BCUT2D eigenvalue weighted by Crippen LogP contribution is 2.40. The Morgan fingerprint density at radius 1 is 1.00 bits per heavy atom. The fourth-order valence-corrected chi connectivity index (χ4v) is 3.68. The molecule has 1 aliphatic carbocycles. The Bertz CT molecular complexity index is 719. The van der Waals surface area contributed by atoms with E-state index in [1.165, 1.54) is 18.4 Å². The molecule has 1 saturated carbocycles. The molecular weight excluding hydrogens is 316 g/mol. The number of hydrogen-bond acceptors (Lipinski definition) is 2. The van der Waals surface area contributed by atoms with Crippen molar-refractivity contribution in [3.8, 4) is 0 Å². The minimum atomic E-state index is -0.0494. The average Bonchev–Trinajstić information content (AvgIpc) is 3.11. The van der Waals surface area contributed by atoms with E-state index in [4.69, 9.17) is 18.0 Å². The van der Waals surface area contributed by atoms with Crippen LogP contribution in [-0.2, 0) is 5.41 Å². The lowest BCUT2D eigenvalue weighted by atomic mass is 9.79. The van der Waals surface area contributed by atoms with Crippen LogP contribution in [0.3, 0.4) is 0 Å². The van der Waals surface area contributed by atoms with E-state index >= 15 is 0 Å². The fourth-order valence-electron chi connectivity index (χ4n) is 3.55. The third kappa shape index (κ3) is 3.49. The van der Waals surface area contributed by atoms with Gasteiger partial charge in [0.1, 0.15) is 4.99 Å². The van der Waals surface area contributed by atoms with Crippen LogP contribution in [0.15, 0.2) is 54.6 Å². The maximum Gasteiger partial charge on any atom is 0.251 e. The number of rotatable bonds is 5. The highest BCUT2D eigenvalue weighted by molar-refractivity contribution is 7.80. The van der Waals surface area contributed by atoms with Gasteiger partial charge in [-0.15, -0.1) is 0 Å². The molecule has 0 radical (unpaired) electrons. The molecule has 124 valence electrons. The summed E-state index contributed by atoms with van der Waals surface area (Å²) in [6, 6.07) is 17.7. The first-order valence-electron chi connectivity index (χ1n) is 8.34. The van der Waals surface area contributed by atoms with E-state index in [2.05, 4.69) is 29.6 Å². The van der Waals surface area contributed by atoms with E-state index < -0.39 is 0 Å². The zero-order valence-electron chi connectivity index (χ0n) is 13.6. The lowest BCUT2D eigenvalue weighted by Gasteiger charge is -2.30. The Hall–Kier alpha value is -2.20. The summed E-state index contributed by atoms with van der Waals surface area (Å²) in [7, 11) is 0. The number of hydrogen-bond donors (Lipinski definition) is 2. The summed E-state index contributed by atoms with van der Waals surface area (Å²) in [5, 5.41) is 3.13. The van der Waals surface area contributed by atoms with Gasteiger partial charge in [-0.3, -0.25) is 4.79 Å². The van der Waals surface area contributed by atoms with Gasteiger partial charge in [0.25, 0.3) is 5.91 Å². The van der Waals surface area contributed by atoms with Crippen molar-refractivity contribution in [3.63, 3.8) is 0 Å². The monoisotopic (exact) mass is 338 g/mol. The van der Waals surface area contributed by atoms with Gasteiger partial charge in [-0.2, -0.15) is 0 Å². The highest BCUT2D eigenvalue weighted by Gasteiger charge is 2.35. The predicted octanol–water partition coefficient (Wildman–Crippen LogP) is 3.56. The molecule has 0 atom stereocenters. The summed E-state index contributed by atoms with van der Waals surface area (Å²) in [4.78, 5) is 12.8. The van der Waals surface area contributed by atoms with Crippen molar-refractivity contribution in [3.05, 3.63) is 71.3 Å². The molecular formula is C20H22N2OS. The van der Waals surface area contributed by atoms with E-state index in [0.29, 0.717) is 17.1 Å². The van der Waals surface area contributed by atoms with E-state index in [0.717, 1.165) is 18.4 Å². The summed E-state index contributed by atoms with van der Waals surface area (Å²) >= 11 is 4.94. The molecule has 2 aromatic carbocycles. The Morgan fingerprint density at radius 3 is 2.17 bits per heavy atom. The van der Waals surface area contributed by atoms with Crippen LogP contribution in [-0.4, -0.2) is 17.4 Å². The summed E-state index contributed by atoms with van der Waals surface area (Å²) in [5.41, 5.74) is 8.40. The molecule has 3 nitrogen and oxygen atoms in total. The van der Waals surface area contributed by atoms with E-state index in [-0.39, 0.29) is 11.3 Å². The number of benzene rings is 2. The number of carbonyl (C=O) groups excluding carboxylic acids is 1. The standard InChI is InChI=1S/C20H22N2OS/c21-18(24)15-8-10-16(11-9-15)19(23)22-14-20(12-4-5-13-20)17-6-2-1-3-7-17/h1-3,6-11H,4-5,12-14H2,(H2,21,24)(H,22,23). The van der Waals surface area contributed by atoms with Crippen molar-refractivity contribution in [2.45, 2.75) is 31.1 Å². The Labute approximate surface area is 148 Å². The first-order valence-corrected chi connectivity index (χ1v) is 8.75. The van der Waals surface area contributed by atoms with Gasteiger partial charge in [-0.1, -0.05) is 67.5 Å². The summed E-state index contributed by atoms with van der Waals surface area (Å²) in [6.07, 6.45) is 4.68. The van der Waals surface area contributed by atoms with Crippen LogP contribution in [0.2, 0.25) is 0 Å². The highest BCUT2D eigenvalue weighted by atomic mass is 32.1. The molecule has 1 amide bonds. The van der Waals surface area contributed by atoms with Gasteiger partial charge in [-0.25, -0.2) is 0 Å². The molecule has 0 aromatic heterocycles. The number of carbonyl (C=O) groups is 1. The Morgan fingerprint density at radius 2 is 1.58 bits per heavy atom. The lowest BCUT2D eigenvalue weighted by Crippen LogP contribution is -2.39. The van der Waals surface area contributed by atoms with Crippen molar-refractivity contribution >= 4 is 23.1 Å². The number of thiocarbonyl (C=S) groups is 1. The first kappa shape index (κ1) is 16.7. The maximum atomic E-state index is 12.5. The smallest absolute Gasteiger partial charge is 0.251 e. The molecule has 0 unspecified atom stereocenters. The van der Waals surface area contributed by atoms with Crippen LogP contribution in [0.25, 0.3) is 0 Å². The third-order valence-corrected chi connectivity index (χ3v) is 5.20. The first-order chi connectivity index (χ1) is 11.6. The summed E-state index contributed by atoms with van der Waals surface area (Å²) in [6.45, 7) is 0.674. The average molecular weight is 338 g/mol. The maximum absolute atomic E-state index is 12.5. The predicted molar refractivity (Wildman–Crippen MR) is 101 cm³/mol. The molecule has 4 heteroatoms. The molecule has 2 aromatic rings. The normalized spacial score (nSPS) is 15.8. The second kappa shape index (κ2) is 7.14. The van der Waals surface area contributed by atoms with Crippen molar-refractivity contribution in [2.24, 2.45) is 5.73 Å². The fraction of sp³-hybridized carbons (Fsp3) is 0.300. The number of nitrogens with two attached hydrogens (primary N) is 1. The molecule has 3 rings (SSSR count). The minimum absolute atomic E-state index is 0.0494. The molecule has 1 fully saturated rings. The second-order valence-corrected chi connectivity index (χ2v) is 6.92. The van der Waals surface area contributed by atoms with Crippen LogP contribution < -0.4 is 11.1 Å². The van der Waals surface area contributed by atoms with Gasteiger partial charge in [0.05, 0.1) is 0 Å². The van der Waals surface area contributed by atoms with E-state index in [9.17, 15) is 4.79 Å². The zero-order valence-corrected chi connectivity index (χ0v) is 14.4. The third-order valence-electron chi connectivity index (χ3n) is 4.97. The van der Waals surface area contributed by atoms with Crippen molar-refractivity contribution in [1.29, 1.82) is 0 Å². The van der Waals surface area contributed by atoms with Crippen LogP contribution in [0.1, 0.15) is 47.2 Å². The number of nitrogens with one attached hydrogen (secondary N) is 1. The lowest BCUT2D eigenvalue weighted by molar-refractivity contribution is 0.0943. The molecule has 3 N–H and O–H groups in total. The molecule has 0 heterocycles. The summed E-state index contributed by atoms with van der Waals surface area (Å²) in [5.74, 6) is -0.0494. The van der Waals surface area contributed by atoms with Crippen LogP contribution >= 0.6 is 12.2 Å². The largest absolute Gasteiger partial charge is 0.389 e. The molecule has 0 bridgehead atoms. The quantitative estimate of drug-likeness (QED) is 0.820. The van der Waals surface area contributed by atoms with E-state index in [1.54, 1.807) is 24.3 Å². The van der Waals surface area contributed by atoms with Gasteiger partial charge < -0.3 is 11.1 Å². The van der Waals surface area contributed by atoms with Crippen molar-refractivity contribution in [2.75, 3.05) is 6.54 Å². The van der Waals surface area contributed by atoms with Gasteiger partial charge in [0.2, 0.25) is 0 Å². The van der Waals surface area contributed by atoms with Crippen molar-refractivity contribution < 1.29 is 4.79 Å². The van der Waals surface area contributed by atoms with Gasteiger partial charge >= 0.3 is 0 Å².